The van der Waals surface area contributed by atoms with Crippen LogP contribution in [-0.4, -0.2) is 9.38 Å². The minimum atomic E-state index is 0.967. The maximum Gasteiger partial charge on any atom is 0.195 e. The van der Waals surface area contributed by atoms with Gasteiger partial charge in [-0.2, -0.15) is 0 Å². The molecular weight excluding hydrogens is 422 g/mol. The Morgan fingerprint density at radius 2 is 1.09 bits per heavy atom. The van der Waals surface area contributed by atoms with Crippen molar-refractivity contribution in [3.8, 4) is 22.4 Å². The van der Waals surface area contributed by atoms with E-state index < -0.39 is 0 Å². The van der Waals surface area contributed by atoms with E-state index in [2.05, 4.69) is 118 Å². The molecule has 0 spiro atoms. The fourth-order valence-electron chi connectivity index (χ4n) is 4.18. The summed E-state index contributed by atoms with van der Waals surface area (Å²) in [6.07, 6.45) is 2.10. The number of hydrogen-bond acceptors (Lipinski definition) is 3. The van der Waals surface area contributed by atoms with E-state index in [-0.39, 0.29) is 0 Å². The van der Waals surface area contributed by atoms with Gasteiger partial charge in [0.15, 0.2) is 10.8 Å². The second kappa shape index (κ2) is 8.41. The number of anilines is 3. The largest absolute Gasteiger partial charge is 0.294 e. The van der Waals surface area contributed by atoms with Gasteiger partial charge in [-0.05, 0) is 35.4 Å². The van der Waals surface area contributed by atoms with Gasteiger partial charge in [0.1, 0.15) is 5.69 Å². The van der Waals surface area contributed by atoms with Crippen molar-refractivity contribution in [2.75, 3.05) is 4.90 Å². The third-order valence-electron chi connectivity index (χ3n) is 5.74. The van der Waals surface area contributed by atoms with Crippen LogP contribution in [0.25, 0.3) is 27.3 Å². The first-order valence-electron chi connectivity index (χ1n) is 10.9. The van der Waals surface area contributed by atoms with Crippen molar-refractivity contribution in [1.82, 2.24) is 9.38 Å². The van der Waals surface area contributed by atoms with Crippen molar-refractivity contribution >= 4 is 33.5 Å². The molecule has 0 atom stereocenters. The minimum absolute atomic E-state index is 0.967. The van der Waals surface area contributed by atoms with E-state index in [1.165, 1.54) is 11.1 Å². The van der Waals surface area contributed by atoms with Crippen LogP contribution in [0.15, 0.2) is 127 Å². The molecule has 0 N–H and O–H groups in total. The van der Waals surface area contributed by atoms with Crippen LogP contribution in [0.3, 0.4) is 0 Å². The predicted molar refractivity (Wildman–Crippen MR) is 139 cm³/mol. The summed E-state index contributed by atoms with van der Waals surface area (Å²) in [6.45, 7) is 0. The van der Waals surface area contributed by atoms with E-state index in [1.807, 2.05) is 18.2 Å². The zero-order valence-electron chi connectivity index (χ0n) is 17.9. The Balaban J connectivity index is 1.54. The van der Waals surface area contributed by atoms with E-state index >= 15 is 0 Å². The number of hydrogen-bond donors (Lipinski definition) is 0. The molecule has 6 rings (SSSR count). The highest BCUT2D eigenvalue weighted by Crippen LogP contribution is 2.42. The molecule has 0 aliphatic heterocycles. The van der Waals surface area contributed by atoms with Gasteiger partial charge < -0.3 is 0 Å². The monoisotopic (exact) mass is 443 g/mol. The zero-order valence-corrected chi connectivity index (χ0v) is 18.7. The van der Waals surface area contributed by atoms with Gasteiger partial charge in [0.2, 0.25) is 0 Å². The maximum atomic E-state index is 5.06. The highest BCUT2D eigenvalue weighted by Gasteiger charge is 2.23. The molecule has 0 saturated heterocycles. The second-order valence-electron chi connectivity index (χ2n) is 7.79. The van der Waals surface area contributed by atoms with Crippen molar-refractivity contribution in [2.45, 2.75) is 0 Å². The normalized spacial score (nSPS) is 11.0. The molecule has 0 aliphatic rings. The van der Waals surface area contributed by atoms with Gasteiger partial charge in [0.05, 0.1) is 0 Å². The fraction of sp³-hybridized carbons (Fsp3) is 0. The third kappa shape index (κ3) is 3.60. The number of fused-ring (bicyclic) bond motifs is 1. The Hall–Kier alpha value is -4.15. The van der Waals surface area contributed by atoms with Crippen LogP contribution < -0.4 is 4.90 Å². The Labute approximate surface area is 196 Å². The summed E-state index contributed by atoms with van der Waals surface area (Å²) < 4.78 is 2.19. The Bertz CT molecular complexity index is 1450. The number of para-hydroxylation sites is 2. The molecule has 33 heavy (non-hydrogen) atoms. The molecule has 158 valence electrons. The molecule has 0 amide bonds. The summed E-state index contributed by atoms with van der Waals surface area (Å²) in [6, 6.07) is 40.1. The molecule has 0 aliphatic carbocycles. The van der Waals surface area contributed by atoms with E-state index in [9.17, 15) is 0 Å². The first kappa shape index (κ1) is 19.5. The highest BCUT2D eigenvalue weighted by molar-refractivity contribution is 7.15. The summed E-state index contributed by atoms with van der Waals surface area (Å²) in [5, 5.41) is 2.09. The van der Waals surface area contributed by atoms with Crippen LogP contribution in [0.1, 0.15) is 0 Å². The minimum Gasteiger partial charge on any atom is -0.294 e. The number of benzene rings is 4. The van der Waals surface area contributed by atoms with Crippen LogP contribution in [0, 0.1) is 0 Å². The predicted octanol–water partition coefficient (Wildman–Crippen LogP) is 8.20. The van der Waals surface area contributed by atoms with Gasteiger partial charge >= 0.3 is 0 Å². The lowest BCUT2D eigenvalue weighted by Crippen LogP contribution is -2.12. The molecule has 4 aromatic carbocycles. The molecule has 2 heterocycles. The number of rotatable bonds is 5. The summed E-state index contributed by atoms with van der Waals surface area (Å²) in [4.78, 5) is 8.32. The number of nitrogens with zero attached hydrogens (tertiary/aromatic N) is 3. The Kier molecular flexibility index (Phi) is 4.98. The van der Waals surface area contributed by atoms with Crippen LogP contribution in [0.2, 0.25) is 0 Å². The van der Waals surface area contributed by atoms with E-state index in [0.717, 1.165) is 33.4 Å². The van der Waals surface area contributed by atoms with Crippen molar-refractivity contribution in [1.29, 1.82) is 0 Å². The zero-order chi connectivity index (χ0) is 22.0. The molecule has 0 fully saturated rings. The molecule has 0 saturated carbocycles. The van der Waals surface area contributed by atoms with Gasteiger partial charge in [-0.25, -0.2) is 4.98 Å². The third-order valence-corrected chi connectivity index (χ3v) is 6.50. The van der Waals surface area contributed by atoms with E-state index in [0.29, 0.717) is 0 Å². The topological polar surface area (TPSA) is 20.5 Å². The van der Waals surface area contributed by atoms with Crippen molar-refractivity contribution in [3.05, 3.63) is 127 Å². The fourth-order valence-corrected chi connectivity index (χ4v) is 4.89. The van der Waals surface area contributed by atoms with Crippen molar-refractivity contribution in [2.24, 2.45) is 0 Å². The first-order valence-corrected chi connectivity index (χ1v) is 11.8. The van der Waals surface area contributed by atoms with Gasteiger partial charge in [-0.3, -0.25) is 9.30 Å². The average molecular weight is 444 g/mol. The van der Waals surface area contributed by atoms with Gasteiger partial charge in [0.25, 0.3) is 0 Å². The second-order valence-corrected chi connectivity index (χ2v) is 8.66. The lowest BCUT2D eigenvalue weighted by molar-refractivity contribution is 1.14. The molecule has 4 heteroatoms. The lowest BCUT2D eigenvalue weighted by atomic mass is 10.0. The van der Waals surface area contributed by atoms with Crippen LogP contribution in [-0.2, 0) is 0 Å². The molecular formula is C29H21N3S. The summed E-state index contributed by atoms with van der Waals surface area (Å²) in [5.41, 5.74) is 6.67. The summed E-state index contributed by atoms with van der Waals surface area (Å²) in [7, 11) is 0. The van der Waals surface area contributed by atoms with Crippen LogP contribution >= 0.6 is 11.3 Å². The van der Waals surface area contributed by atoms with Crippen molar-refractivity contribution < 1.29 is 0 Å². The smallest absolute Gasteiger partial charge is 0.195 e. The van der Waals surface area contributed by atoms with Crippen LogP contribution in [0.5, 0.6) is 0 Å². The first-order chi connectivity index (χ1) is 16.4. The van der Waals surface area contributed by atoms with Gasteiger partial charge in [-0.15, -0.1) is 11.3 Å². The average Bonchev–Trinajstić information content (AvgIpc) is 3.49. The molecule has 0 radical (unpaired) electrons. The molecule has 2 aromatic heterocycles. The Morgan fingerprint density at radius 1 is 0.576 bits per heavy atom. The molecule has 0 unspecified atom stereocenters. The maximum absolute atomic E-state index is 5.06. The SMILES string of the molecule is c1ccc(-c2ccc(-c3nc4sccn4c3N(c3ccccc3)c3ccccc3)cc2)cc1. The Morgan fingerprint density at radius 3 is 1.70 bits per heavy atom. The number of imidazole rings is 1. The summed E-state index contributed by atoms with van der Waals surface area (Å²) >= 11 is 1.65. The standard InChI is InChI=1S/C29H21N3S/c1-4-10-22(11-5-1)23-16-18-24(19-17-23)27-28(31-20-21-33-29(31)30-27)32(25-12-6-2-7-13-25)26-14-8-3-9-15-26/h1-21H. The summed E-state index contributed by atoms with van der Waals surface area (Å²) in [5.74, 6) is 1.04. The number of aromatic nitrogens is 2. The molecule has 6 aromatic rings. The van der Waals surface area contributed by atoms with E-state index in [1.54, 1.807) is 11.3 Å². The number of thiazole rings is 1. The lowest BCUT2D eigenvalue weighted by Gasteiger charge is -2.25. The van der Waals surface area contributed by atoms with Crippen LogP contribution in [0.4, 0.5) is 17.2 Å². The van der Waals surface area contributed by atoms with E-state index in [4.69, 9.17) is 4.98 Å². The molecule has 3 nitrogen and oxygen atoms in total. The van der Waals surface area contributed by atoms with Gasteiger partial charge in [0, 0.05) is 28.5 Å². The van der Waals surface area contributed by atoms with Gasteiger partial charge in [-0.1, -0.05) is 91.0 Å². The van der Waals surface area contributed by atoms with Crippen molar-refractivity contribution in [3.63, 3.8) is 0 Å². The molecule has 0 bridgehead atoms. The quantitative estimate of drug-likeness (QED) is 0.268. The highest BCUT2D eigenvalue weighted by atomic mass is 32.1.